The fraction of sp³-hybridized carbons (Fsp3) is 0.263. The zero-order chi connectivity index (χ0) is 15.1. The first-order chi connectivity index (χ1) is 10.7. The number of carbonyl (C=O) groups excluding carboxylic acids is 1. The maximum Gasteiger partial charge on any atom is 0.344 e. The molecule has 0 spiro atoms. The summed E-state index contributed by atoms with van der Waals surface area (Å²) in [5.41, 5.74) is 5.77. The smallest absolute Gasteiger partial charge is 0.318 e. The van der Waals surface area contributed by atoms with E-state index >= 15 is 0 Å². The van der Waals surface area contributed by atoms with Crippen molar-refractivity contribution in [3.8, 4) is 0 Å². The fourth-order valence-electron chi connectivity index (χ4n) is 3.54. The van der Waals surface area contributed by atoms with Crippen molar-refractivity contribution in [2.45, 2.75) is 25.7 Å². The number of hydrogen-bond donors (Lipinski definition) is 0. The molecule has 0 saturated carbocycles. The van der Waals surface area contributed by atoms with Gasteiger partial charge in [-0.2, -0.15) is 0 Å². The zero-order valence-electron chi connectivity index (χ0n) is 12.5. The maximum atomic E-state index is 12.3. The van der Waals surface area contributed by atoms with Crippen LogP contribution in [0.3, 0.4) is 0 Å². The molecule has 0 fully saturated rings. The number of fused-ring (bicyclic) bond motifs is 2. The minimum Gasteiger partial charge on any atom is -0.318 e. The Kier molecular flexibility index (Phi) is 3.07. The molecule has 1 aliphatic heterocycles. The highest BCUT2D eigenvalue weighted by Gasteiger charge is 2.42. The highest BCUT2D eigenvalue weighted by Crippen LogP contribution is 2.41. The molecule has 1 aliphatic carbocycles. The average Bonchev–Trinajstić information content (AvgIpc) is 2.80. The van der Waals surface area contributed by atoms with Gasteiger partial charge in [0.15, 0.2) is 0 Å². The van der Waals surface area contributed by atoms with Crippen molar-refractivity contribution in [3.05, 3.63) is 70.8 Å². The summed E-state index contributed by atoms with van der Waals surface area (Å²) in [5, 5.41) is 4.04. The van der Waals surface area contributed by atoms with Gasteiger partial charge in [0.05, 0.1) is 5.71 Å². The summed E-state index contributed by atoms with van der Waals surface area (Å²) in [6.07, 6.45) is 1.69. The quantitative estimate of drug-likeness (QED) is 0.753. The monoisotopic (exact) mass is 291 g/mol. The average molecular weight is 291 g/mol. The van der Waals surface area contributed by atoms with E-state index in [9.17, 15) is 4.79 Å². The van der Waals surface area contributed by atoms with Gasteiger partial charge in [-0.25, -0.2) is 4.79 Å². The molecule has 0 saturated heterocycles. The number of rotatable bonds is 1. The number of carbonyl (C=O) groups is 1. The summed E-state index contributed by atoms with van der Waals surface area (Å²) in [5.74, 6) is -0.517. The Morgan fingerprint density at radius 2 is 1.77 bits per heavy atom. The molecule has 0 amide bonds. The standard InChI is InChI=1S/C19H17NO2/c1-12-6-8-14(9-7-12)17-15-5-3-2-4-13(15)10-11-16-18(17)19(21)22-20-16/h2-9,17-18H,10-11H2,1H3. The second-order valence-corrected chi connectivity index (χ2v) is 6.06. The predicted molar refractivity (Wildman–Crippen MR) is 84.8 cm³/mol. The van der Waals surface area contributed by atoms with Crippen molar-refractivity contribution in [2.24, 2.45) is 11.1 Å². The van der Waals surface area contributed by atoms with E-state index in [0.717, 1.165) is 24.1 Å². The van der Waals surface area contributed by atoms with Gasteiger partial charge in [-0.05, 0) is 36.5 Å². The number of aryl methyl sites for hydroxylation is 2. The van der Waals surface area contributed by atoms with Crippen molar-refractivity contribution in [2.75, 3.05) is 0 Å². The van der Waals surface area contributed by atoms with Crippen molar-refractivity contribution >= 4 is 11.7 Å². The van der Waals surface area contributed by atoms with E-state index < -0.39 is 0 Å². The Hall–Kier alpha value is -2.42. The van der Waals surface area contributed by atoms with Crippen LogP contribution < -0.4 is 0 Å². The predicted octanol–water partition coefficient (Wildman–Crippen LogP) is 3.60. The van der Waals surface area contributed by atoms with Gasteiger partial charge in [0.1, 0.15) is 5.92 Å². The molecule has 3 heteroatoms. The topological polar surface area (TPSA) is 38.7 Å². The van der Waals surface area contributed by atoms with Gasteiger partial charge in [-0.3, -0.25) is 0 Å². The van der Waals surface area contributed by atoms with E-state index in [2.05, 4.69) is 54.5 Å². The van der Waals surface area contributed by atoms with Crippen LogP contribution in [0.1, 0.15) is 34.6 Å². The van der Waals surface area contributed by atoms with E-state index in [1.165, 1.54) is 16.7 Å². The molecule has 2 atom stereocenters. The van der Waals surface area contributed by atoms with Crippen molar-refractivity contribution in [1.29, 1.82) is 0 Å². The number of nitrogens with zero attached hydrogens (tertiary/aromatic N) is 1. The number of benzene rings is 2. The Morgan fingerprint density at radius 3 is 2.59 bits per heavy atom. The highest BCUT2D eigenvalue weighted by molar-refractivity contribution is 6.06. The largest absolute Gasteiger partial charge is 0.344 e. The summed E-state index contributed by atoms with van der Waals surface area (Å²) in [6, 6.07) is 16.8. The normalized spacial score (nSPS) is 23.1. The van der Waals surface area contributed by atoms with Crippen molar-refractivity contribution < 1.29 is 9.63 Å². The molecule has 2 aromatic carbocycles. The summed E-state index contributed by atoms with van der Waals surface area (Å²) >= 11 is 0. The van der Waals surface area contributed by atoms with E-state index in [4.69, 9.17) is 4.84 Å². The highest BCUT2D eigenvalue weighted by atomic mass is 16.7. The minimum atomic E-state index is -0.286. The first-order valence-corrected chi connectivity index (χ1v) is 7.66. The van der Waals surface area contributed by atoms with E-state index in [-0.39, 0.29) is 17.8 Å². The first kappa shape index (κ1) is 13.3. The fourth-order valence-corrected chi connectivity index (χ4v) is 3.54. The van der Waals surface area contributed by atoms with Gasteiger partial charge in [-0.1, -0.05) is 59.3 Å². The van der Waals surface area contributed by atoms with Gasteiger partial charge in [0.25, 0.3) is 0 Å². The summed E-state index contributed by atoms with van der Waals surface area (Å²) < 4.78 is 0. The maximum absolute atomic E-state index is 12.3. The third kappa shape index (κ3) is 2.05. The lowest BCUT2D eigenvalue weighted by Gasteiger charge is -2.22. The van der Waals surface area contributed by atoms with Crippen LogP contribution in [0.15, 0.2) is 53.7 Å². The van der Waals surface area contributed by atoms with Crippen LogP contribution >= 0.6 is 0 Å². The Bertz CT molecular complexity index is 761. The lowest BCUT2D eigenvalue weighted by molar-refractivity contribution is -0.143. The Labute approximate surface area is 129 Å². The molecule has 0 N–H and O–H groups in total. The van der Waals surface area contributed by atoms with E-state index in [1.807, 2.05) is 6.07 Å². The van der Waals surface area contributed by atoms with E-state index in [0.29, 0.717) is 0 Å². The van der Waals surface area contributed by atoms with Crippen LogP contribution in [-0.4, -0.2) is 11.7 Å². The molecule has 110 valence electrons. The number of hydrogen-bond acceptors (Lipinski definition) is 3. The van der Waals surface area contributed by atoms with Gasteiger partial charge in [0.2, 0.25) is 0 Å². The molecule has 0 aromatic heterocycles. The summed E-state index contributed by atoms with van der Waals surface area (Å²) in [4.78, 5) is 17.3. The van der Waals surface area contributed by atoms with Crippen LogP contribution in [0.4, 0.5) is 0 Å². The first-order valence-electron chi connectivity index (χ1n) is 7.66. The number of oxime groups is 1. The lowest BCUT2D eigenvalue weighted by Crippen LogP contribution is -2.25. The van der Waals surface area contributed by atoms with Crippen LogP contribution in [0, 0.1) is 12.8 Å². The van der Waals surface area contributed by atoms with Gasteiger partial charge >= 0.3 is 5.97 Å². The van der Waals surface area contributed by atoms with Gasteiger partial charge in [0, 0.05) is 5.92 Å². The summed E-state index contributed by atoms with van der Waals surface area (Å²) in [7, 11) is 0. The van der Waals surface area contributed by atoms with Gasteiger partial charge in [-0.15, -0.1) is 0 Å². The SMILES string of the molecule is Cc1ccc(C2c3ccccc3CCC3=NOC(=O)C32)cc1. The van der Waals surface area contributed by atoms with Crippen molar-refractivity contribution in [1.82, 2.24) is 0 Å². The van der Waals surface area contributed by atoms with Crippen LogP contribution in [-0.2, 0) is 16.1 Å². The third-order valence-electron chi connectivity index (χ3n) is 4.68. The molecule has 1 heterocycles. The molecule has 4 rings (SSSR count). The zero-order valence-corrected chi connectivity index (χ0v) is 12.5. The second-order valence-electron chi connectivity index (χ2n) is 6.06. The van der Waals surface area contributed by atoms with E-state index in [1.54, 1.807) is 0 Å². The minimum absolute atomic E-state index is 0.00644. The van der Waals surface area contributed by atoms with Crippen LogP contribution in [0.25, 0.3) is 0 Å². The van der Waals surface area contributed by atoms with Crippen LogP contribution in [0.2, 0.25) is 0 Å². The summed E-state index contributed by atoms with van der Waals surface area (Å²) in [6.45, 7) is 2.07. The Morgan fingerprint density at radius 1 is 1.00 bits per heavy atom. The lowest BCUT2D eigenvalue weighted by atomic mass is 9.78. The van der Waals surface area contributed by atoms with Crippen LogP contribution in [0.5, 0.6) is 0 Å². The Balaban J connectivity index is 1.91. The van der Waals surface area contributed by atoms with Gasteiger partial charge < -0.3 is 4.84 Å². The third-order valence-corrected chi connectivity index (χ3v) is 4.68. The molecule has 22 heavy (non-hydrogen) atoms. The molecular weight excluding hydrogens is 274 g/mol. The molecule has 2 aliphatic rings. The molecule has 3 nitrogen and oxygen atoms in total. The molecule has 0 radical (unpaired) electrons. The molecule has 2 aromatic rings. The van der Waals surface area contributed by atoms with Crippen molar-refractivity contribution in [3.63, 3.8) is 0 Å². The molecule has 2 unspecified atom stereocenters. The molecule has 0 bridgehead atoms. The molecular formula is C19H17NO2. The second kappa shape index (κ2) is 5.09.